The van der Waals surface area contributed by atoms with Crippen molar-refractivity contribution in [2.75, 3.05) is 0 Å². The summed E-state index contributed by atoms with van der Waals surface area (Å²) in [6.45, 7) is 6.70. The SMILES string of the molecule is CC(C)(C)c1ccc(/C=C/CC#Cc2ccccc2)cc1. The molecule has 0 aromatic heterocycles. The third kappa shape index (κ3) is 4.97. The van der Waals surface area contributed by atoms with Gasteiger partial charge in [-0.25, -0.2) is 0 Å². The molecule has 0 fully saturated rings. The van der Waals surface area contributed by atoms with Gasteiger partial charge in [0.15, 0.2) is 0 Å². The zero-order valence-corrected chi connectivity index (χ0v) is 13.1. The molecule has 0 aliphatic heterocycles. The molecular formula is C21H22. The molecule has 0 aliphatic rings. The molecule has 2 aromatic rings. The van der Waals surface area contributed by atoms with E-state index in [0.717, 1.165) is 12.0 Å². The van der Waals surface area contributed by atoms with Gasteiger partial charge in [-0.3, -0.25) is 0 Å². The van der Waals surface area contributed by atoms with Gasteiger partial charge in [0.2, 0.25) is 0 Å². The molecule has 0 N–H and O–H groups in total. The van der Waals surface area contributed by atoms with Crippen LogP contribution in [0.25, 0.3) is 6.08 Å². The first-order chi connectivity index (χ1) is 10.1. The molecule has 0 saturated carbocycles. The van der Waals surface area contributed by atoms with Gasteiger partial charge >= 0.3 is 0 Å². The smallest absolute Gasteiger partial charge is 0.0276 e. The first-order valence-electron chi connectivity index (χ1n) is 7.37. The molecule has 0 unspecified atom stereocenters. The van der Waals surface area contributed by atoms with E-state index in [1.807, 2.05) is 30.3 Å². The molecule has 0 bridgehead atoms. The van der Waals surface area contributed by atoms with E-state index in [4.69, 9.17) is 0 Å². The van der Waals surface area contributed by atoms with Crippen LogP contribution in [0.1, 0.15) is 43.9 Å². The number of hydrogen-bond acceptors (Lipinski definition) is 0. The highest BCUT2D eigenvalue weighted by Gasteiger charge is 2.12. The van der Waals surface area contributed by atoms with Crippen LogP contribution in [0, 0.1) is 11.8 Å². The quantitative estimate of drug-likeness (QED) is 0.640. The van der Waals surface area contributed by atoms with Gasteiger partial charge in [0.05, 0.1) is 0 Å². The molecule has 0 amide bonds. The number of rotatable bonds is 2. The normalized spacial score (nSPS) is 11.2. The van der Waals surface area contributed by atoms with Gasteiger partial charge in [-0.05, 0) is 28.7 Å². The molecule has 0 atom stereocenters. The summed E-state index contributed by atoms with van der Waals surface area (Å²) in [4.78, 5) is 0. The van der Waals surface area contributed by atoms with E-state index in [1.54, 1.807) is 0 Å². The van der Waals surface area contributed by atoms with Crippen molar-refractivity contribution in [1.29, 1.82) is 0 Å². The average Bonchev–Trinajstić information content (AvgIpc) is 2.47. The van der Waals surface area contributed by atoms with Gasteiger partial charge in [-0.2, -0.15) is 0 Å². The zero-order valence-electron chi connectivity index (χ0n) is 13.1. The summed E-state index contributed by atoms with van der Waals surface area (Å²) < 4.78 is 0. The summed E-state index contributed by atoms with van der Waals surface area (Å²) in [5.74, 6) is 6.33. The van der Waals surface area contributed by atoms with Gasteiger partial charge in [-0.1, -0.05) is 87.2 Å². The van der Waals surface area contributed by atoms with E-state index >= 15 is 0 Å². The van der Waals surface area contributed by atoms with Gasteiger partial charge in [0.1, 0.15) is 0 Å². The van der Waals surface area contributed by atoms with Crippen molar-refractivity contribution >= 4 is 6.08 Å². The maximum atomic E-state index is 3.17. The van der Waals surface area contributed by atoms with Gasteiger partial charge < -0.3 is 0 Å². The van der Waals surface area contributed by atoms with Crippen LogP contribution >= 0.6 is 0 Å². The Morgan fingerprint density at radius 2 is 1.57 bits per heavy atom. The average molecular weight is 274 g/mol. The molecule has 0 saturated heterocycles. The largest absolute Gasteiger partial charge is 0.0937 e. The number of hydrogen-bond donors (Lipinski definition) is 0. The van der Waals surface area contributed by atoms with E-state index < -0.39 is 0 Å². The molecular weight excluding hydrogens is 252 g/mol. The minimum absolute atomic E-state index is 0.212. The summed E-state index contributed by atoms with van der Waals surface area (Å²) >= 11 is 0. The Morgan fingerprint density at radius 1 is 0.905 bits per heavy atom. The first kappa shape index (κ1) is 15.1. The van der Waals surface area contributed by atoms with Crippen LogP contribution in [0.3, 0.4) is 0 Å². The Labute approximate surface area is 128 Å². The van der Waals surface area contributed by atoms with Crippen LogP contribution in [-0.2, 0) is 5.41 Å². The van der Waals surface area contributed by atoms with Crippen molar-refractivity contribution in [3.8, 4) is 11.8 Å². The second kappa shape index (κ2) is 6.95. The lowest BCUT2D eigenvalue weighted by molar-refractivity contribution is 0.590. The van der Waals surface area contributed by atoms with Crippen LogP contribution in [0.4, 0.5) is 0 Å². The molecule has 0 spiro atoms. The maximum Gasteiger partial charge on any atom is 0.0276 e. The Balaban J connectivity index is 1.92. The van der Waals surface area contributed by atoms with E-state index in [-0.39, 0.29) is 5.41 Å². The minimum Gasteiger partial charge on any atom is -0.0937 e. The van der Waals surface area contributed by atoms with E-state index in [2.05, 4.69) is 69.0 Å². The summed E-state index contributed by atoms with van der Waals surface area (Å²) in [6, 6.07) is 18.8. The first-order valence-corrected chi connectivity index (χ1v) is 7.37. The van der Waals surface area contributed by atoms with Crippen LogP contribution < -0.4 is 0 Å². The lowest BCUT2D eigenvalue weighted by atomic mass is 9.87. The minimum atomic E-state index is 0.212. The second-order valence-electron chi connectivity index (χ2n) is 6.15. The topological polar surface area (TPSA) is 0 Å². The maximum absolute atomic E-state index is 3.17. The summed E-state index contributed by atoms with van der Waals surface area (Å²) in [6.07, 6.45) is 5.02. The fourth-order valence-electron chi connectivity index (χ4n) is 2.02. The van der Waals surface area contributed by atoms with Crippen molar-refractivity contribution in [2.24, 2.45) is 0 Å². The molecule has 0 nitrogen and oxygen atoms in total. The number of allylic oxidation sites excluding steroid dienone is 1. The highest BCUT2D eigenvalue weighted by atomic mass is 14.2. The molecule has 21 heavy (non-hydrogen) atoms. The summed E-state index contributed by atoms with van der Waals surface area (Å²) in [5, 5.41) is 0. The molecule has 2 rings (SSSR count). The molecule has 0 heterocycles. The van der Waals surface area contributed by atoms with Gasteiger partial charge in [0, 0.05) is 12.0 Å². The lowest BCUT2D eigenvalue weighted by Gasteiger charge is -2.18. The lowest BCUT2D eigenvalue weighted by Crippen LogP contribution is -2.10. The zero-order chi connectivity index (χ0) is 15.1. The van der Waals surface area contributed by atoms with Crippen molar-refractivity contribution in [2.45, 2.75) is 32.6 Å². The molecule has 0 heteroatoms. The standard InChI is InChI=1S/C21H22/c1-21(2,3)20-16-14-19(15-17-20)13-9-5-8-12-18-10-6-4-7-11-18/h4,6-7,9-11,13-17H,5H2,1-3H3/b13-9+. The van der Waals surface area contributed by atoms with Gasteiger partial charge in [-0.15, -0.1) is 0 Å². The van der Waals surface area contributed by atoms with E-state index in [9.17, 15) is 0 Å². The third-order valence-corrected chi connectivity index (χ3v) is 3.31. The third-order valence-electron chi connectivity index (χ3n) is 3.31. The van der Waals surface area contributed by atoms with Crippen molar-refractivity contribution in [3.05, 3.63) is 77.4 Å². The second-order valence-corrected chi connectivity index (χ2v) is 6.15. The van der Waals surface area contributed by atoms with Crippen LogP contribution in [0.15, 0.2) is 60.7 Å². The monoisotopic (exact) mass is 274 g/mol. The summed E-state index contributed by atoms with van der Waals surface area (Å²) in [5.41, 5.74) is 3.87. The Morgan fingerprint density at radius 3 is 2.19 bits per heavy atom. The fourth-order valence-corrected chi connectivity index (χ4v) is 2.02. The Kier molecular flexibility index (Phi) is 5.01. The molecule has 106 valence electrons. The van der Waals surface area contributed by atoms with E-state index in [0.29, 0.717) is 0 Å². The van der Waals surface area contributed by atoms with Crippen molar-refractivity contribution in [1.82, 2.24) is 0 Å². The van der Waals surface area contributed by atoms with E-state index in [1.165, 1.54) is 11.1 Å². The van der Waals surface area contributed by atoms with Gasteiger partial charge in [0.25, 0.3) is 0 Å². The van der Waals surface area contributed by atoms with Crippen LogP contribution in [-0.4, -0.2) is 0 Å². The predicted octanol–water partition coefficient (Wildman–Crippen LogP) is 5.44. The Hall–Kier alpha value is -2.26. The Bertz CT molecular complexity index is 641. The highest BCUT2D eigenvalue weighted by Crippen LogP contribution is 2.22. The van der Waals surface area contributed by atoms with Crippen molar-refractivity contribution in [3.63, 3.8) is 0 Å². The summed E-state index contributed by atoms with van der Waals surface area (Å²) in [7, 11) is 0. The van der Waals surface area contributed by atoms with Crippen molar-refractivity contribution < 1.29 is 0 Å². The highest BCUT2D eigenvalue weighted by molar-refractivity contribution is 5.50. The number of benzene rings is 2. The molecule has 0 aliphatic carbocycles. The molecule has 0 radical (unpaired) electrons. The van der Waals surface area contributed by atoms with Crippen LogP contribution in [0.5, 0.6) is 0 Å². The molecule has 2 aromatic carbocycles. The van der Waals surface area contributed by atoms with Crippen LogP contribution in [0.2, 0.25) is 0 Å². The fraction of sp³-hybridized carbons (Fsp3) is 0.238. The predicted molar refractivity (Wildman–Crippen MR) is 92.1 cm³/mol.